The predicted octanol–water partition coefficient (Wildman–Crippen LogP) is 2.48. The van der Waals surface area contributed by atoms with Gasteiger partial charge in [0.25, 0.3) is 11.8 Å². The minimum atomic E-state index is -0.156. The number of para-hydroxylation sites is 1. The fourth-order valence-corrected chi connectivity index (χ4v) is 3.98. The van der Waals surface area contributed by atoms with Gasteiger partial charge in [-0.15, -0.1) is 0 Å². The number of hydrogen-bond donors (Lipinski definition) is 1. The Morgan fingerprint density at radius 1 is 1.04 bits per heavy atom. The van der Waals surface area contributed by atoms with Gasteiger partial charge in [-0.05, 0) is 23.6 Å². The summed E-state index contributed by atoms with van der Waals surface area (Å²) in [6.07, 6.45) is 0. The second-order valence-corrected chi connectivity index (χ2v) is 7.57. The van der Waals surface area contributed by atoms with Gasteiger partial charge in [0.05, 0.1) is 11.1 Å². The van der Waals surface area contributed by atoms with Crippen molar-refractivity contribution in [2.45, 2.75) is 0 Å². The first-order chi connectivity index (χ1) is 13.7. The molecule has 6 nitrogen and oxygen atoms in total. The van der Waals surface area contributed by atoms with Crippen LogP contribution in [0, 0.1) is 0 Å². The zero-order valence-corrected chi connectivity index (χ0v) is 16.3. The molecule has 7 heteroatoms. The summed E-state index contributed by atoms with van der Waals surface area (Å²) in [7, 11) is 0. The maximum atomic E-state index is 12.4. The smallest absolute Gasteiger partial charge is 0.269 e. The summed E-state index contributed by atoms with van der Waals surface area (Å²) >= 11 is 1.54. The molecule has 1 aliphatic heterocycles. The largest absolute Gasteiger partial charge is 0.349 e. The number of nitrogens with zero attached hydrogens (tertiary/aromatic N) is 3. The van der Waals surface area contributed by atoms with Gasteiger partial charge in [-0.2, -0.15) is 11.3 Å². The second-order valence-electron chi connectivity index (χ2n) is 6.79. The van der Waals surface area contributed by atoms with E-state index in [1.807, 2.05) is 52.1 Å². The molecule has 144 valence electrons. The van der Waals surface area contributed by atoms with Gasteiger partial charge in [0.15, 0.2) is 0 Å². The van der Waals surface area contributed by atoms with E-state index in [0.717, 1.165) is 49.2 Å². The van der Waals surface area contributed by atoms with Crippen LogP contribution in [0.4, 0.5) is 0 Å². The van der Waals surface area contributed by atoms with E-state index in [1.165, 1.54) is 0 Å². The molecule has 1 aliphatic rings. The van der Waals surface area contributed by atoms with Crippen molar-refractivity contribution in [3.63, 3.8) is 0 Å². The normalized spacial score (nSPS) is 14.9. The monoisotopic (exact) mass is 394 g/mol. The van der Waals surface area contributed by atoms with E-state index >= 15 is 0 Å². The highest BCUT2D eigenvalue weighted by atomic mass is 32.1. The Morgan fingerprint density at radius 3 is 2.64 bits per heavy atom. The van der Waals surface area contributed by atoms with Crippen LogP contribution >= 0.6 is 11.3 Å². The number of aromatic nitrogens is 1. The van der Waals surface area contributed by atoms with Gasteiger partial charge in [0, 0.05) is 50.0 Å². The summed E-state index contributed by atoms with van der Waals surface area (Å²) in [5, 5.41) is 7.79. The molecule has 4 rings (SSSR count). The molecule has 2 aromatic heterocycles. The number of thiophene rings is 1. The number of hydrogen-bond acceptors (Lipinski definition) is 5. The average molecular weight is 395 g/mol. The molecular weight excluding hydrogens is 372 g/mol. The van der Waals surface area contributed by atoms with Gasteiger partial charge >= 0.3 is 0 Å². The second kappa shape index (κ2) is 8.50. The average Bonchev–Trinajstić information content (AvgIpc) is 3.28. The zero-order chi connectivity index (χ0) is 19.3. The van der Waals surface area contributed by atoms with Crippen LogP contribution in [-0.4, -0.2) is 65.9 Å². The van der Waals surface area contributed by atoms with Crippen LogP contribution in [0.3, 0.4) is 0 Å². The molecule has 0 unspecified atom stereocenters. The fourth-order valence-electron chi connectivity index (χ4n) is 3.35. The Hall–Kier alpha value is -2.77. The third-order valence-electron chi connectivity index (χ3n) is 4.97. The van der Waals surface area contributed by atoms with Crippen LogP contribution in [0.1, 0.15) is 20.8 Å². The number of piperazine rings is 1. The van der Waals surface area contributed by atoms with E-state index in [9.17, 15) is 9.59 Å². The summed E-state index contributed by atoms with van der Waals surface area (Å²) in [6.45, 7) is 4.40. The van der Waals surface area contributed by atoms with Crippen LogP contribution in [0.15, 0.2) is 53.2 Å². The molecule has 3 aromatic rings. The highest BCUT2D eigenvalue weighted by Gasteiger charge is 2.22. The molecule has 0 saturated carbocycles. The lowest BCUT2D eigenvalue weighted by molar-refractivity contribution is 0.0638. The summed E-state index contributed by atoms with van der Waals surface area (Å²) in [4.78, 5) is 33.3. The van der Waals surface area contributed by atoms with Gasteiger partial charge in [-0.1, -0.05) is 24.3 Å². The lowest BCUT2D eigenvalue weighted by Crippen LogP contribution is -2.50. The van der Waals surface area contributed by atoms with Crippen molar-refractivity contribution in [2.75, 3.05) is 39.3 Å². The van der Waals surface area contributed by atoms with Crippen LogP contribution in [-0.2, 0) is 0 Å². The molecule has 0 spiro atoms. The topological polar surface area (TPSA) is 65.5 Å². The summed E-state index contributed by atoms with van der Waals surface area (Å²) in [5.41, 5.74) is 2.03. The molecule has 2 amide bonds. The van der Waals surface area contributed by atoms with E-state index < -0.39 is 0 Å². The molecule has 1 saturated heterocycles. The van der Waals surface area contributed by atoms with Crippen LogP contribution in [0.5, 0.6) is 0 Å². The molecule has 0 bridgehead atoms. The molecule has 1 fully saturated rings. The van der Waals surface area contributed by atoms with Gasteiger partial charge in [-0.25, -0.2) is 4.98 Å². The highest BCUT2D eigenvalue weighted by molar-refractivity contribution is 7.08. The van der Waals surface area contributed by atoms with Gasteiger partial charge in [0.1, 0.15) is 5.69 Å². The van der Waals surface area contributed by atoms with E-state index in [1.54, 1.807) is 17.4 Å². The maximum absolute atomic E-state index is 12.4. The number of carbonyl (C=O) groups excluding carboxylic acids is 2. The fraction of sp³-hybridized carbons (Fsp3) is 0.286. The standard InChI is InChI=1S/C21H22N4O2S/c26-20(19-6-5-16-3-1-2-4-18(16)23-19)22-8-9-24-10-12-25(13-11-24)21(27)17-7-14-28-15-17/h1-7,14-15H,8-13H2,(H,22,26). The highest BCUT2D eigenvalue weighted by Crippen LogP contribution is 2.13. The van der Waals surface area contributed by atoms with E-state index in [2.05, 4.69) is 15.2 Å². The van der Waals surface area contributed by atoms with Crippen LogP contribution < -0.4 is 5.32 Å². The first-order valence-electron chi connectivity index (χ1n) is 9.38. The maximum Gasteiger partial charge on any atom is 0.269 e. The van der Waals surface area contributed by atoms with Crippen molar-refractivity contribution in [1.82, 2.24) is 20.1 Å². The number of fused-ring (bicyclic) bond motifs is 1. The van der Waals surface area contributed by atoms with Crippen molar-refractivity contribution in [3.8, 4) is 0 Å². The lowest BCUT2D eigenvalue weighted by atomic mass is 10.2. The number of amides is 2. The zero-order valence-electron chi connectivity index (χ0n) is 15.5. The third kappa shape index (κ3) is 4.21. The Balaban J connectivity index is 1.23. The van der Waals surface area contributed by atoms with Crippen LogP contribution in [0.25, 0.3) is 10.9 Å². The number of rotatable bonds is 5. The van der Waals surface area contributed by atoms with Gasteiger partial charge in [-0.3, -0.25) is 14.5 Å². The lowest BCUT2D eigenvalue weighted by Gasteiger charge is -2.34. The number of pyridine rings is 1. The van der Waals surface area contributed by atoms with Crippen molar-refractivity contribution in [2.24, 2.45) is 0 Å². The van der Waals surface area contributed by atoms with Crippen molar-refractivity contribution < 1.29 is 9.59 Å². The van der Waals surface area contributed by atoms with E-state index in [4.69, 9.17) is 0 Å². The first kappa shape index (κ1) is 18.6. The quantitative estimate of drug-likeness (QED) is 0.722. The van der Waals surface area contributed by atoms with Gasteiger partial charge in [0.2, 0.25) is 0 Å². The summed E-state index contributed by atoms with van der Waals surface area (Å²) in [5.74, 6) is -0.0476. The number of carbonyl (C=O) groups is 2. The molecule has 0 radical (unpaired) electrons. The number of nitrogens with one attached hydrogen (secondary N) is 1. The van der Waals surface area contributed by atoms with E-state index in [0.29, 0.717) is 12.2 Å². The first-order valence-corrected chi connectivity index (χ1v) is 10.3. The summed E-state index contributed by atoms with van der Waals surface area (Å²) in [6, 6.07) is 13.3. The van der Waals surface area contributed by atoms with Gasteiger partial charge < -0.3 is 10.2 Å². The SMILES string of the molecule is O=C(NCCN1CCN(C(=O)c2ccsc2)CC1)c1ccc2ccccc2n1. The van der Waals surface area contributed by atoms with Crippen molar-refractivity contribution in [3.05, 3.63) is 64.5 Å². The molecule has 0 aliphatic carbocycles. The number of benzene rings is 1. The van der Waals surface area contributed by atoms with Crippen molar-refractivity contribution >= 4 is 34.1 Å². The molecule has 1 aromatic carbocycles. The van der Waals surface area contributed by atoms with E-state index in [-0.39, 0.29) is 11.8 Å². The molecule has 0 atom stereocenters. The Morgan fingerprint density at radius 2 is 1.86 bits per heavy atom. The summed E-state index contributed by atoms with van der Waals surface area (Å²) < 4.78 is 0. The minimum absolute atomic E-state index is 0.108. The Kier molecular flexibility index (Phi) is 5.64. The Bertz CT molecular complexity index is 965. The van der Waals surface area contributed by atoms with Crippen molar-refractivity contribution in [1.29, 1.82) is 0 Å². The Labute approximate surface area is 167 Å². The molecule has 3 heterocycles. The molecule has 1 N–H and O–H groups in total. The third-order valence-corrected chi connectivity index (χ3v) is 5.66. The molecule has 28 heavy (non-hydrogen) atoms. The van der Waals surface area contributed by atoms with Crippen LogP contribution in [0.2, 0.25) is 0 Å². The minimum Gasteiger partial charge on any atom is -0.349 e. The molecular formula is C21H22N4O2S. The predicted molar refractivity (Wildman–Crippen MR) is 111 cm³/mol.